The predicted octanol–water partition coefficient (Wildman–Crippen LogP) is 4.52. The predicted molar refractivity (Wildman–Crippen MR) is 104 cm³/mol. The molecule has 0 spiro atoms. The number of halogens is 1. The van der Waals surface area contributed by atoms with Crippen molar-refractivity contribution in [2.75, 3.05) is 19.8 Å². The lowest BCUT2D eigenvalue weighted by Gasteiger charge is -2.27. The number of hydrogen-bond acceptors (Lipinski definition) is 3. The molecule has 2 heterocycles. The van der Waals surface area contributed by atoms with Gasteiger partial charge in [-0.1, -0.05) is 34.1 Å². The van der Waals surface area contributed by atoms with Crippen molar-refractivity contribution in [2.24, 2.45) is 0 Å². The average molecular weight is 416 g/mol. The fourth-order valence-electron chi connectivity index (χ4n) is 3.77. The van der Waals surface area contributed by atoms with Crippen LogP contribution in [0.3, 0.4) is 0 Å². The van der Waals surface area contributed by atoms with Gasteiger partial charge >= 0.3 is 0 Å². The maximum atomic E-state index is 12.8. The Kier molecular flexibility index (Phi) is 5.16. The number of nitrogens with zero attached hydrogens (tertiary/aromatic N) is 1. The molecule has 0 aliphatic carbocycles. The molecule has 0 N–H and O–H groups in total. The molecule has 0 saturated carbocycles. The van der Waals surface area contributed by atoms with Crippen molar-refractivity contribution in [1.82, 2.24) is 4.90 Å². The number of rotatable bonds is 4. The van der Waals surface area contributed by atoms with Gasteiger partial charge in [0.1, 0.15) is 13.2 Å². The summed E-state index contributed by atoms with van der Waals surface area (Å²) in [5, 5.41) is 0. The van der Waals surface area contributed by atoms with Gasteiger partial charge < -0.3 is 14.4 Å². The SMILES string of the molecule is O=C(CCc1cccc(Br)c1)N1CCCC1c1ccc2c(c1)OCCO2. The summed E-state index contributed by atoms with van der Waals surface area (Å²) >= 11 is 3.49. The quantitative estimate of drug-likeness (QED) is 0.736. The van der Waals surface area contributed by atoms with Gasteiger partial charge in [0.25, 0.3) is 0 Å². The molecule has 2 aromatic carbocycles. The van der Waals surface area contributed by atoms with E-state index in [0.29, 0.717) is 19.6 Å². The second kappa shape index (κ2) is 7.70. The normalized spacial score (nSPS) is 18.8. The number of fused-ring (bicyclic) bond motifs is 1. The Bertz CT molecular complexity index is 808. The van der Waals surface area contributed by atoms with Crippen LogP contribution in [0, 0.1) is 0 Å². The summed E-state index contributed by atoms with van der Waals surface area (Å²) in [5.74, 6) is 1.81. The third-order valence-electron chi connectivity index (χ3n) is 5.04. The third-order valence-corrected chi connectivity index (χ3v) is 5.53. The molecular weight excluding hydrogens is 394 g/mol. The van der Waals surface area contributed by atoms with Crippen LogP contribution in [0.5, 0.6) is 11.5 Å². The zero-order chi connectivity index (χ0) is 17.9. The summed E-state index contributed by atoms with van der Waals surface area (Å²) in [5.41, 5.74) is 2.32. The summed E-state index contributed by atoms with van der Waals surface area (Å²) in [7, 11) is 0. The zero-order valence-corrected chi connectivity index (χ0v) is 16.2. The van der Waals surface area contributed by atoms with Gasteiger partial charge in [-0.2, -0.15) is 0 Å². The molecule has 2 aromatic rings. The minimum atomic E-state index is 0.140. The smallest absolute Gasteiger partial charge is 0.223 e. The Morgan fingerprint density at radius 2 is 1.96 bits per heavy atom. The van der Waals surface area contributed by atoms with Crippen molar-refractivity contribution in [1.29, 1.82) is 0 Å². The molecule has 2 aliphatic rings. The number of carbonyl (C=O) groups excluding carboxylic acids is 1. The van der Waals surface area contributed by atoms with Crippen LogP contribution in [0.25, 0.3) is 0 Å². The summed E-state index contributed by atoms with van der Waals surface area (Å²) in [6.45, 7) is 2.00. The van der Waals surface area contributed by atoms with Crippen molar-refractivity contribution in [3.8, 4) is 11.5 Å². The van der Waals surface area contributed by atoms with Crippen LogP contribution >= 0.6 is 15.9 Å². The molecule has 136 valence electrons. The summed E-state index contributed by atoms with van der Waals surface area (Å²) in [4.78, 5) is 14.9. The average Bonchev–Trinajstić information content (AvgIpc) is 3.16. The van der Waals surface area contributed by atoms with E-state index < -0.39 is 0 Å². The first-order valence-electron chi connectivity index (χ1n) is 9.14. The fraction of sp³-hybridized carbons (Fsp3) is 0.381. The van der Waals surface area contributed by atoms with E-state index in [2.05, 4.69) is 34.1 Å². The molecule has 1 amide bonds. The van der Waals surface area contributed by atoms with Crippen LogP contribution in [-0.2, 0) is 11.2 Å². The van der Waals surface area contributed by atoms with E-state index in [1.165, 1.54) is 5.56 Å². The molecule has 1 atom stereocenters. The molecule has 0 aromatic heterocycles. The minimum absolute atomic E-state index is 0.140. The van der Waals surface area contributed by atoms with Crippen molar-refractivity contribution in [3.63, 3.8) is 0 Å². The Morgan fingerprint density at radius 1 is 1.12 bits per heavy atom. The van der Waals surface area contributed by atoms with Crippen LogP contribution in [0.15, 0.2) is 46.9 Å². The highest BCUT2D eigenvalue weighted by atomic mass is 79.9. The lowest BCUT2D eigenvalue weighted by molar-refractivity contribution is -0.132. The Morgan fingerprint density at radius 3 is 2.81 bits per heavy atom. The molecule has 4 nitrogen and oxygen atoms in total. The highest BCUT2D eigenvalue weighted by molar-refractivity contribution is 9.10. The molecule has 4 rings (SSSR count). The first kappa shape index (κ1) is 17.4. The number of amides is 1. The van der Waals surface area contributed by atoms with E-state index in [1.807, 2.05) is 29.2 Å². The maximum Gasteiger partial charge on any atom is 0.223 e. The Balaban J connectivity index is 1.45. The summed E-state index contributed by atoms with van der Waals surface area (Å²) < 4.78 is 12.4. The van der Waals surface area contributed by atoms with Crippen LogP contribution in [0.2, 0.25) is 0 Å². The van der Waals surface area contributed by atoms with Gasteiger partial charge in [0, 0.05) is 17.4 Å². The van der Waals surface area contributed by atoms with Gasteiger partial charge in [0.05, 0.1) is 6.04 Å². The fourth-order valence-corrected chi connectivity index (χ4v) is 4.21. The van der Waals surface area contributed by atoms with E-state index in [9.17, 15) is 4.79 Å². The second-order valence-electron chi connectivity index (χ2n) is 6.78. The number of aryl methyl sites for hydroxylation is 1. The molecule has 0 radical (unpaired) electrons. The van der Waals surface area contributed by atoms with Crippen LogP contribution in [0.4, 0.5) is 0 Å². The van der Waals surface area contributed by atoms with E-state index in [4.69, 9.17) is 9.47 Å². The highest BCUT2D eigenvalue weighted by Crippen LogP contribution is 2.38. The van der Waals surface area contributed by atoms with Crippen LogP contribution in [-0.4, -0.2) is 30.6 Å². The lowest BCUT2D eigenvalue weighted by atomic mass is 10.0. The number of hydrogen-bond donors (Lipinski definition) is 0. The minimum Gasteiger partial charge on any atom is -0.486 e. The van der Waals surface area contributed by atoms with Crippen molar-refractivity contribution >= 4 is 21.8 Å². The maximum absolute atomic E-state index is 12.8. The van der Waals surface area contributed by atoms with E-state index in [1.54, 1.807) is 0 Å². The topological polar surface area (TPSA) is 38.8 Å². The Hall–Kier alpha value is -2.01. The number of ether oxygens (including phenoxy) is 2. The first-order valence-corrected chi connectivity index (χ1v) is 9.93. The van der Waals surface area contributed by atoms with E-state index in [0.717, 1.165) is 47.3 Å². The molecule has 0 bridgehead atoms. The summed E-state index contributed by atoms with van der Waals surface area (Å²) in [6, 6.07) is 14.4. The first-order chi connectivity index (χ1) is 12.7. The van der Waals surface area contributed by atoms with Gasteiger partial charge in [0.2, 0.25) is 5.91 Å². The van der Waals surface area contributed by atoms with Crippen LogP contribution < -0.4 is 9.47 Å². The van der Waals surface area contributed by atoms with Gasteiger partial charge in [-0.15, -0.1) is 0 Å². The third kappa shape index (κ3) is 3.73. The molecule has 26 heavy (non-hydrogen) atoms. The van der Waals surface area contributed by atoms with Gasteiger partial charge in [-0.05, 0) is 54.7 Å². The standard InChI is InChI=1S/C21H22BrNO3/c22-17-4-1-3-15(13-17)6-9-21(24)23-10-2-5-18(23)16-7-8-19-20(14-16)26-12-11-25-19/h1,3-4,7-8,13-14,18H,2,5-6,9-12H2. The Labute approximate surface area is 162 Å². The van der Waals surface area contributed by atoms with Crippen molar-refractivity contribution < 1.29 is 14.3 Å². The summed E-state index contributed by atoms with van der Waals surface area (Å²) in [6.07, 6.45) is 3.35. The van der Waals surface area contributed by atoms with Crippen LogP contribution in [0.1, 0.15) is 36.4 Å². The lowest BCUT2D eigenvalue weighted by Crippen LogP contribution is -2.30. The molecule has 5 heteroatoms. The molecule has 2 aliphatic heterocycles. The molecule has 1 fully saturated rings. The monoisotopic (exact) mass is 415 g/mol. The van der Waals surface area contributed by atoms with Crippen molar-refractivity contribution in [2.45, 2.75) is 31.7 Å². The van der Waals surface area contributed by atoms with Gasteiger partial charge in [-0.25, -0.2) is 0 Å². The highest BCUT2D eigenvalue weighted by Gasteiger charge is 2.30. The molecular formula is C21H22BrNO3. The van der Waals surface area contributed by atoms with Gasteiger partial charge in [0.15, 0.2) is 11.5 Å². The van der Waals surface area contributed by atoms with E-state index >= 15 is 0 Å². The number of benzene rings is 2. The van der Waals surface area contributed by atoms with Crippen molar-refractivity contribution in [3.05, 3.63) is 58.1 Å². The largest absolute Gasteiger partial charge is 0.486 e. The van der Waals surface area contributed by atoms with E-state index in [-0.39, 0.29) is 11.9 Å². The molecule has 1 unspecified atom stereocenters. The number of likely N-dealkylation sites (tertiary alicyclic amines) is 1. The molecule has 1 saturated heterocycles. The number of carbonyl (C=O) groups is 1. The second-order valence-corrected chi connectivity index (χ2v) is 7.69. The zero-order valence-electron chi connectivity index (χ0n) is 14.6. The van der Waals surface area contributed by atoms with Gasteiger partial charge in [-0.3, -0.25) is 4.79 Å².